The number of primary amides is 1. The number of carbonyl (C=O) groups excluding carboxylic acids is 2. The molecule has 0 aliphatic rings. The summed E-state index contributed by atoms with van der Waals surface area (Å²) in [7, 11) is 0. The molecule has 0 spiro atoms. The maximum absolute atomic E-state index is 12.2. The molecule has 23 heavy (non-hydrogen) atoms. The average molecular weight is 312 g/mol. The van der Waals surface area contributed by atoms with Gasteiger partial charge in [0.1, 0.15) is 5.75 Å². The lowest BCUT2D eigenvalue weighted by Gasteiger charge is -2.18. The van der Waals surface area contributed by atoms with Crippen molar-refractivity contribution in [2.75, 3.05) is 5.32 Å². The van der Waals surface area contributed by atoms with Crippen LogP contribution in [-0.4, -0.2) is 17.9 Å². The lowest BCUT2D eigenvalue weighted by Crippen LogP contribution is -2.30. The standard InChI is InChI=1S/C18H20N2O3/c1-11-5-4-6-12(2)16(11)23-13(3)18(22)20-15-9-7-14(8-10-15)17(19)21/h4-10,13H,1-3H3,(H2,19,21)(H,20,22). The maximum Gasteiger partial charge on any atom is 0.265 e. The number of benzene rings is 2. The Morgan fingerprint density at radius 3 is 2.13 bits per heavy atom. The predicted octanol–water partition coefficient (Wildman–Crippen LogP) is 2.81. The molecule has 5 nitrogen and oxygen atoms in total. The van der Waals surface area contributed by atoms with E-state index in [2.05, 4.69) is 5.32 Å². The zero-order valence-electron chi connectivity index (χ0n) is 13.4. The molecule has 0 bridgehead atoms. The molecular weight excluding hydrogens is 292 g/mol. The van der Waals surface area contributed by atoms with E-state index in [9.17, 15) is 9.59 Å². The summed E-state index contributed by atoms with van der Waals surface area (Å²) in [6, 6.07) is 12.2. The van der Waals surface area contributed by atoms with Crippen LogP contribution in [0.2, 0.25) is 0 Å². The number of rotatable bonds is 5. The van der Waals surface area contributed by atoms with E-state index in [1.807, 2.05) is 32.0 Å². The van der Waals surface area contributed by atoms with Crippen LogP contribution in [0.3, 0.4) is 0 Å². The fourth-order valence-electron chi connectivity index (χ4n) is 2.18. The number of nitrogens with one attached hydrogen (secondary N) is 1. The summed E-state index contributed by atoms with van der Waals surface area (Å²) in [5.74, 6) is -0.0479. The molecule has 2 aromatic rings. The van der Waals surface area contributed by atoms with Crippen LogP contribution in [0, 0.1) is 13.8 Å². The van der Waals surface area contributed by atoms with Crippen molar-refractivity contribution in [3.8, 4) is 5.75 Å². The van der Waals surface area contributed by atoms with Gasteiger partial charge >= 0.3 is 0 Å². The fraction of sp³-hybridized carbons (Fsp3) is 0.222. The Morgan fingerprint density at radius 2 is 1.61 bits per heavy atom. The van der Waals surface area contributed by atoms with Gasteiger partial charge < -0.3 is 15.8 Å². The summed E-state index contributed by atoms with van der Waals surface area (Å²) in [4.78, 5) is 23.3. The van der Waals surface area contributed by atoms with Gasteiger partial charge in [-0.05, 0) is 56.2 Å². The van der Waals surface area contributed by atoms with Gasteiger partial charge in [-0.2, -0.15) is 0 Å². The van der Waals surface area contributed by atoms with Crippen molar-refractivity contribution in [1.29, 1.82) is 0 Å². The predicted molar refractivity (Wildman–Crippen MR) is 89.6 cm³/mol. The normalized spacial score (nSPS) is 11.6. The molecule has 3 N–H and O–H groups in total. The fourth-order valence-corrected chi connectivity index (χ4v) is 2.18. The highest BCUT2D eigenvalue weighted by molar-refractivity contribution is 5.96. The number of para-hydroxylation sites is 1. The lowest BCUT2D eigenvalue weighted by molar-refractivity contribution is -0.122. The molecule has 0 aliphatic heterocycles. The van der Waals surface area contributed by atoms with Crippen LogP contribution in [0.1, 0.15) is 28.4 Å². The smallest absolute Gasteiger partial charge is 0.265 e. The molecule has 2 amide bonds. The summed E-state index contributed by atoms with van der Waals surface area (Å²) in [5, 5.41) is 2.75. The van der Waals surface area contributed by atoms with Crippen molar-refractivity contribution in [2.45, 2.75) is 26.9 Å². The van der Waals surface area contributed by atoms with E-state index < -0.39 is 12.0 Å². The number of anilines is 1. The van der Waals surface area contributed by atoms with Crippen LogP contribution in [-0.2, 0) is 4.79 Å². The number of ether oxygens (including phenoxy) is 1. The second-order valence-electron chi connectivity index (χ2n) is 5.41. The van der Waals surface area contributed by atoms with Gasteiger partial charge in [0, 0.05) is 11.3 Å². The highest BCUT2D eigenvalue weighted by atomic mass is 16.5. The van der Waals surface area contributed by atoms with Crippen molar-refractivity contribution in [3.63, 3.8) is 0 Å². The van der Waals surface area contributed by atoms with Gasteiger partial charge in [-0.1, -0.05) is 18.2 Å². The number of nitrogens with two attached hydrogens (primary N) is 1. The maximum atomic E-state index is 12.2. The van der Waals surface area contributed by atoms with Gasteiger partial charge in [0.25, 0.3) is 5.91 Å². The Bertz CT molecular complexity index is 703. The Morgan fingerprint density at radius 1 is 1.04 bits per heavy atom. The van der Waals surface area contributed by atoms with Crippen molar-refractivity contribution < 1.29 is 14.3 Å². The monoisotopic (exact) mass is 312 g/mol. The van der Waals surface area contributed by atoms with Crippen molar-refractivity contribution in [2.24, 2.45) is 5.73 Å². The minimum Gasteiger partial charge on any atom is -0.480 e. The van der Waals surface area contributed by atoms with Crippen LogP contribution in [0.15, 0.2) is 42.5 Å². The highest BCUT2D eigenvalue weighted by Crippen LogP contribution is 2.23. The first-order valence-corrected chi connectivity index (χ1v) is 7.32. The van der Waals surface area contributed by atoms with Crippen LogP contribution < -0.4 is 15.8 Å². The SMILES string of the molecule is Cc1cccc(C)c1OC(C)C(=O)Nc1ccc(C(N)=O)cc1. The second kappa shape index (κ2) is 6.96. The Balaban J connectivity index is 2.04. The summed E-state index contributed by atoms with van der Waals surface area (Å²) in [5.41, 5.74) is 8.12. The molecule has 5 heteroatoms. The molecule has 0 heterocycles. The van der Waals surface area contributed by atoms with Gasteiger partial charge in [-0.3, -0.25) is 9.59 Å². The highest BCUT2D eigenvalue weighted by Gasteiger charge is 2.17. The number of hydrogen-bond acceptors (Lipinski definition) is 3. The topological polar surface area (TPSA) is 81.4 Å². The third kappa shape index (κ3) is 4.10. The summed E-state index contributed by atoms with van der Waals surface area (Å²) >= 11 is 0. The van der Waals surface area contributed by atoms with Gasteiger partial charge in [-0.25, -0.2) is 0 Å². The quantitative estimate of drug-likeness (QED) is 0.890. The molecule has 0 aliphatic carbocycles. The first-order valence-electron chi connectivity index (χ1n) is 7.32. The second-order valence-corrected chi connectivity index (χ2v) is 5.41. The molecule has 0 saturated carbocycles. The molecule has 0 fully saturated rings. The molecule has 1 atom stereocenters. The first kappa shape index (κ1) is 16.5. The molecule has 0 saturated heterocycles. The first-order chi connectivity index (χ1) is 10.9. The van der Waals surface area contributed by atoms with Crippen LogP contribution in [0.5, 0.6) is 5.75 Å². The Kier molecular flexibility index (Phi) is 5.01. The van der Waals surface area contributed by atoms with Crippen LogP contribution in [0.25, 0.3) is 0 Å². The largest absolute Gasteiger partial charge is 0.480 e. The minimum atomic E-state index is -0.648. The number of amides is 2. The van der Waals surface area contributed by atoms with Gasteiger partial charge in [-0.15, -0.1) is 0 Å². The molecule has 0 aromatic heterocycles. The van der Waals surface area contributed by atoms with Crippen molar-refractivity contribution >= 4 is 17.5 Å². The van der Waals surface area contributed by atoms with Gasteiger partial charge in [0.15, 0.2) is 6.10 Å². The molecule has 120 valence electrons. The van der Waals surface area contributed by atoms with E-state index in [0.29, 0.717) is 11.3 Å². The molecule has 0 radical (unpaired) electrons. The summed E-state index contributed by atoms with van der Waals surface area (Å²) in [6.07, 6.45) is -0.648. The van der Waals surface area contributed by atoms with E-state index in [0.717, 1.165) is 16.9 Å². The Labute approximate surface area is 135 Å². The number of carbonyl (C=O) groups is 2. The number of aryl methyl sites for hydroxylation is 2. The van der Waals surface area contributed by atoms with E-state index in [-0.39, 0.29) is 5.91 Å². The molecule has 2 aromatic carbocycles. The zero-order chi connectivity index (χ0) is 17.0. The van der Waals surface area contributed by atoms with Gasteiger partial charge in [0.2, 0.25) is 5.91 Å². The summed E-state index contributed by atoms with van der Waals surface area (Å²) in [6.45, 7) is 5.57. The van der Waals surface area contributed by atoms with Crippen LogP contribution in [0.4, 0.5) is 5.69 Å². The number of hydrogen-bond donors (Lipinski definition) is 2. The third-order valence-electron chi connectivity index (χ3n) is 3.51. The van der Waals surface area contributed by atoms with E-state index >= 15 is 0 Å². The van der Waals surface area contributed by atoms with E-state index in [4.69, 9.17) is 10.5 Å². The van der Waals surface area contributed by atoms with E-state index in [1.54, 1.807) is 31.2 Å². The molecular formula is C18H20N2O3. The summed E-state index contributed by atoms with van der Waals surface area (Å²) < 4.78 is 5.79. The van der Waals surface area contributed by atoms with Crippen molar-refractivity contribution in [3.05, 3.63) is 59.2 Å². The van der Waals surface area contributed by atoms with Crippen molar-refractivity contribution in [1.82, 2.24) is 0 Å². The van der Waals surface area contributed by atoms with Gasteiger partial charge in [0.05, 0.1) is 0 Å². The zero-order valence-corrected chi connectivity index (χ0v) is 13.4. The van der Waals surface area contributed by atoms with Crippen LogP contribution >= 0.6 is 0 Å². The lowest BCUT2D eigenvalue weighted by atomic mass is 10.1. The minimum absolute atomic E-state index is 0.264. The Hall–Kier alpha value is -2.82. The molecule has 1 unspecified atom stereocenters. The van der Waals surface area contributed by atoms with E-state index in [1.165, 1.54) is 0 Å². The average Bonchev–Trinajstić information content (AvgIpc) is 2.51. The third-order valence-corrected chi connectivity index (χ3v) is 3.51. The molecule has 2 rings (SSSR count).